The highest BCUT2D eigenvalue weighted by Crippen LogP contribution is 2.22. The van der Waals surface area contributed by atoms with Gasteiger partial charge in [0.15, 0.2) is 0 Å². The highest BCUT2D eigenvalue weighted by Gasteiger charge is 2.09. The Morgan fingerprint density at radius 3 is 1.74 bits per heavy atom. The fraction of sp³-hybridized carbons (Fsp3) is 0.125. The van der Waals surface area contributed by atoms with Crippen LogP contribution in [0.5, 0.6) is 11.5 Å². The minimum Gasteiger partial charge on any atom is -0.457 e. The van der Waals surface area contributed by atoms with Crippen LogP contribution in [0.3, 0.4) is 0 Å². The zero-order valence-electron chi connectivity index (χ0n) is 17.3. The van der Waals surface area contributed by atoms with Crippen molar-refractivity contribution in [3.05, 3.63) is 95.1 Å². The summed E-state index contributed by atoms with van der Waals surface area (Å²) in [6.45, 7) is 0.347. The lowest BCUT2D eigenvalue weighted by Gasteiger charge is -2.11. The van der Waals surface area contributed by atoms with Crippen LogP contribution >= 0.6 is 0 Å². The molecule has 3 aromatic carbocycles. The smallest absolute Gasteiger partial charge is 0.253 e. The third-order valence-electron chi connectivity index (χ3n) is 4.55. The number of primary amides is 1. The molecule has 0 bridgehead atoms. The van der Waals surface area contributed by atoms with Crippen molar-refractivity contribution in [2.24, 2.45) is 5.73 Å². The average molecular weight is 417 g/mol. The molecular formula is C24H23N3O4. The number of nitrogens with zero attached hydrogens (tertiary/aromatic N) is 1. The molecular weight excluding hydrogens is 394 g/mol. The SMILES string of the molecule is CN(C)C(=O)c1ccc(CNC(=O)c2ccc(Oc3ccc(C(N)=O)cc3)cc2)cc1. The van der Waals surface area contributed by atoms with Gasteiger partial charge in [0, 0.05) is 37.3 Å². The van der Waals surface area contributed by atoms with Crippen LogP contribution in [-0.4, -0.2) is 36.7 Å². The van der Waals surface area contributed by atoms with Crippen molar-refractivity contribution >= 4 is 17.7 Å². The third-order valence-corrected chi connectivity index (χ3v) is 4.55. The van der Waals surface area contributed by atoms with Gasteiger partial charge in [-0.25, -0.2) is 0 Å². The van der Waals surface area contributed by atoms with E-state index in [1.807, 2.05) is 12.1 Å². The summed E-state index contributed by atoms with van der Waals surface area (Å²) in [4.78, 5) is 36.9. The molecule has 0 atom stereocenters. The first-order valence-corrected chi connectivity index (χ1v) is 9.60. The van der Waals surface area contributed by atoms with E-state index in [2.05, 4.69) is 5.32 Å². The van der Waals surface area contributed by atoms with Crippen LogP contribution in [0.2, 0.25) is 0 Å². The summed E-state index contributed by atoms with van der Waals surface area (Å²) >= 11 is 0. The van der Waals surface area contributed by atoms with Gasteiger partial charge in [0.25, 0.3) is 11.8 Å². The molecule has 7 heteroatoms. The Labute approximate surface area is 180 Å². The summed E-state index contributed by atoms with van der Waals surface area (Å²) in [7, 11) is 3.40. The minimum absolute atomic E-state index is 0.0679. The lowest BCUT2D eigenvalue weighted by atomic mass is 10.1. The molecule has 0 unspecified atom stereocenters. The fourth-order valence-corrected chi connectivity index (χ4v) is 2.81. The number of hydrogen-bond donors (Lipinski definition) is 2. The predicted octanol–water partition coefficient (Wildman–Crippen LogP) is 3.21. The Morgan fingerprint density at radius 1 is 0.774 bits per heavy atom. The van der Waals surface area contributed by atoms with Crippen LogP contribution in [-0.2, 0) is 6.54 Å². The number of ether oxygens (including phenoxy) is 1. The van der Waals surface area contributed by atoms with Crippen molar-refractivity contribution in [1.82, 2.24) is 10.2 Å². The highest BCUT2D eigenvalue weighted by molar-refractivity contribution is 5.95. The second kappa shape index (κ2) is 9.58. The molecule has 0 spiro atoms. The van der Waals surface area contributed by atoms with Gasteiger partial charge in [-0.05, 0) is 66.2 Å². The van der Waals surface area contributed by atoms with E-state index in [4.69, 9.17) is 10.5 Å². The zero-order chi connectivity index (χ0) is 22.4. The molecule has 158 valence electrons. The number of carbonyl (C=O) groups excluding carboxylic acids is 3. The van der Waals surface area contributed by atoms with E-state index in [1.54, 1.807) is 74.8 Å². The van der Waals surface area contributed by atoms with E-state index in [9.17, 15) is 14.4 Å². The first-order chi connectivity index (χ1) is 14.8. The normalized spacial score (nSPS) is 10.3. The number of carbonyl (C=O) groups is 3. The van der Waals surface area contributed by atoms with Crippen molar-refractivity contribution in [3.63, 3.8) is 0 Å². The molecule has 0 aliphatic rings. The van der Waals surface area contributed by atoms with Gasteiger partial charge in [-0.3, -0.25) is 14.4 Å². The number of nitrogens with two attached hydrogens (primary N) is 1. The van der Waals surface area contributed by atoms with Crippen LogP contribution in [0, 0.1) is 0 Å². The summed E-state index contributed by atoms with van der Waals surface area (Å²) < 4.78 is 5.71. The summed E-state index contributed by atoms with van der Waals surface area (Å²) in [6.07, 6.45) is 0. The lowest BCUT2D eigenvalue weighted by Crippen LogP contribution is -2.23. The molecule has 0 aliphatic carbocycles. The molecule has 0 heterocycles. The Hall–Kier alpha value is -4.13. The van der Waals surface area contributed by atoms with Crippen molar-refractivity contribution in [3.8, 4) is 11.5 Å². The molecule has 0 aliphatic heterocycles. The quantitative estimate of drug-likeness (QED) is 0.616. The molecule has 0 radical (unpaired) electrons. The van der Waals surface area contributed by atoms with Crippen molar-refractivity contribution in [1.29, 1.82) is 0 Å². The number of nitrogens with one attached hydrogen (secondary N) is 1. The average Bonchev–Trinajstić information content (AvgIpc) is 2.78. The van der Waals surface area contributed by atoms with Crippen LogP contribution in [0.25, 0.3) is 0 Å². The van der Waals surface area contributed by atoms with E-state index in [1.165, 1.54) is 4.90 Å². The maximum atomic E-state index is 12.4. The molecule has 0 saturated carbocycles. The fourth-order valence-electron chi connectivity index (χ4n) is 2.81. The van der Waals surface area contributed by atoms with Gasteiger partial charge < -0.3 is 20.7 Å². The summed E-state index contributed by atoms with van der Waals surface area (Å²) in [6, 6.07) is 20.3. The van der Waals surface area contributed by atoms with Crippen molar-refractivity contribution in [2.45, 2.75) is 6.54 Å². The molecule has 0 aromatic heterocycles. The largest absolute Gasteiger partial charge is 0.457 e. The topological polar surface area (TPSA) is 102 Å². The number of hydrogen-bond acceptors (Lipinski definition) is 4. The molecule has 0 saturated heterocycles. The van der Waals surface area contributed by atoms with Gasteiger partial charge in [-0.2, -0.15) is 0 Å². The van der Waals surface area contributed by atoms with Crippen LogP contribution in [0.4, 0.5) is 0 Å². The molecule has 0 fully saturated rings. The Morgan fingerprint density at radius 2 is 1.26 bits per heavy atom. The van der Waals surface area contributed by atoms with E-state index in [-0.39, 0.29) is 11.8 Å². The van der Waals surface area contributed by atoms with Crippen molar-refractivity contribution < 1.29 is 19.1 Å². The Bertz CT molecular complexity index is 1070. The second-order valence-corrected chi connectivity index (χ2v) is 7.09. The number of amides is 3. The summed E-state index contributed by atoms with van der Waals surface area (Å²) in [5, 5.41) is 2.85. The standard InChI is InChI=1S/C24H23N3O4/c1-27(2)24(30)19-5-3-16(4-6-19)15-26-23(29)18-9-13-21(14-10-18)31-20-11-7-17(8-12-20)22(25)28/h3-14H,15H2,1-2H3,(H2,25,28)(H,26,29). The van der Waals surface area contributed by atoms with Crippen LogP contribution in [0.15, 0.2) is 72.8 Å². The van der Waals surface area contributed by atoms with Crippen LogP contribution in [0.1, 0.15) is 36.6 Å². The molecule has 3 amide bonds. The number of rotatable bonds is 7. The van der Waals surface area contributed by atoms with Crippen molar-refractivity contribution in [2.75, 3.05) is 14.1 Å². The van der Waals surface area contributed by atoms with Gasteiger partial charge in [-0.1, -0.05) is 12.1 Å². The summed E-state index contributed by atoms with van der Waals surface area (Å²) in [5.74, 6) is 0.329. The number of benzene rings is 3. The molecule has 3 rings (SSSR count). The molecule has 7 nitrogen and oxygen atoms in total. The van der Waals surface area contributed by atoms with Gasteiger partial charge in [0.05, 0.1) is 0 Å². The zero-order valence-corrected chi connectivity index (χ0v) is 17.3. The van der Waals surface area contributed by atoms with Gasteiger partial charge in [0.1, 0.15) is 11.5 Å². The van der Waals surface area contributed by atoms with E-state index >= 15 is 0 Å². The maximum Gasteiger partial charge on any atom is 0.253 e. The summed E-state index contributed by atoms with van der Waals surface area (Å²) in [5.41, 5.74) is 7.61. The highest BCUT2D eigenvalue weighted by atomic mass is 16.5. The Balaban J connectivity index is 1.55. The molecule has 3 aromatic rings. The van der Waals surface area contributed by atoms with Gasteiger partial charge in [0.2, 0.25) is 5.91 Å². The minimum atomic E-state index is -0.500. The molecule has 31 heavy (non-hydrogen) atoms. The van der Waals surface area contributed by atoms with Gasteiger partial charge >= 0.3 is 0 Å². The lowest BCUT2D eigenvalue weighted by molar-refractivity contribution is 0.0826. The van der Waals surface area contributed by atoms with Gasteiger partial charge in [-0.15, -0.1) is 0 Å². The van der Waals surface area contributed by atoms with E-state index in [0.717, 1.165) is 5.56 Å². The van der Waals surface area contributed by atoms with Crippen LogP contribution < -0.4 is 15.8 Å². The first kappa shape index (κ1) is 21.6. The third kappa shape index (κ3) is 5.70. The van der Waals surface area contributed by atoms with E-state index in [0.29, 0.717) is 34.7 Å². The monoisotopic (exact) mass is 417 g/mol. The second-order valence-electron chi connectivity index (χ2n) is 7.09. The predicted molar refractivity (Wildman–Crippen MR) is 117 cm³/mol. The Kier molecular flexibility index (Phi) is 6.67. The maximum absolute atomic E-state index is 12.4. The van der Waals surface area contributed by atoms with E-state index < -0.39 is 5.91 Å². The molecule has 3 N–H and O–H groups in total. The first-order valence-electron chi connectivity index (χ1n) is 9.60.